The van der Waals surface area contributed by atoms with Crippen LogP contribution in [0.5, 0.6) is 5.75 Å². The smallest absolute Gasteiger partial charge is 0.255 e. The number of hydrogen-bond donors (Lipinski definition) is 5. The molecular formula is C28H31N3O8. The molecule has 4 atom stereocenters. The van der Waals surface area contributed by atoms with Gasteiger partial charge in [0.2, 0.25) is 5.78 Å². The summed E-state index contributed by atoms with van der Waals surface area (Å²) < 4.78 is 6.03. The third-order valence-corrected chi connectivity index (χ3v) is 8.00. The quantitative estimate of drug-likeness (QED) is 0.349. The number of nitrogens with zero attached hydrogens (tertiary/aromatic N) is 2. The maximum atomic E-state index is 13.9. The Morgan fingerprint density at radius 3 is 2.41 bits per heavy atom. The molecule has 1 aromatic heterocycles. The summed E-state index contributed by atoms with van der Waals surface area (Å²) in [6.07, 6.45) is 0.201. The molecule has 1 saturated carbocycles. The Kier molecular flexibility index (Phi) is 6.21. The van der Waals surface area contributed by atoms with E-state index in [0.717, 1.165) is 0 Å². The predicted molar refractivity (Wildman–Crippen MR) is 139 cm³/mol. The van der Waals surface area contributed by atoms with Crippen LogP contribution < -0.4 is 5.73 Å². The zero-order chi connectivity index (χ0) is 28.5. The van der Waals surface area contributed by atoms with Gasteiger partial charge in [-0.2, -0.15) is 0 Å². The Morgan fingerprint density at radius 2 is 1.79 bits per heavy atom. The highest BCUT2D eigenvalue weighted by Crippen LogP contribution is 2.53. The number of hydrogen-bond acceptors (Lipinski definition) is 10. The summed E-state index contributed by atoms with van der Waals surface area (Å²) >= 11 is 0. The molecule has 6 N–H and O–H groups in total. The first kappa shape index (κ1) is 26.7. The first-order chi connectivity index (χ1) is 18.3. The van der Waals surface area contributed by atoms with E-state index in [1.807, 2.05) is 25.1 Å². The molecule has 5 rings (SSSR count). The number of phenolic OH excluding ortho intramolecular Hbond substituents is 1. The van der Waals surface area contributed by atoms with E-state index in [9.17, 15) is 34.8 Å². The molecule has 2 aromatic rings. The zero-order valence-corrected chi connectivity index (χ0v) is 22.1. The van der Waals surface area contributed by atoms with E-state index in [-0.39, 0.29) is 29.7 Å². The molecule has 3 aliphatic rings. The largest absolute Gasteiger partial charge is 0.508 e. The fourth-order valence-corrected chi connectivity index (χ4v) is 6.39. The van der Waals surface area contributed by atoms with Crippen molar-refractivity contribution >= 4 is 23.2 Å². The summed E-state index contributed by atoms with van der Waals surface area (Å²) in [5.41, 5.74) is 2.85. The molecular weight excluding hydrogens is 506 g/mol. The number of nitrogens with two attached hydrogens (primary N) is 1. The number of rotatable bonds is 5. The van der Waals surface area contributed by atoms with Crippen molar-refractivity contribution < 1.29 is 39.2 Å². The molecule has 1 amide bonds. The number of primary amides is 1. The van der Waals surface area contributed by atoms with Crippen LogP contribution in [0.4, 0.5) is 0 Å². The van der Waals surface area contributed by atoms with E-state index in [4.69, 9.17) is 10.2 Å². The maximum absolute atomic E-state index is 13.9. The number of carbonyl (C=O) groups excluding carboxylic acids is 3. The first-order valence-corrected chi connectivity index (χ1v) is 12.5. The molecule has 1 heterocycles. The topological polar surface area (TPSA) is 178 Å². The minimum atomic E-state index is -2.67. The number of ketones is 2. The first-order valence-electron chi connectivity index (χ1n) is 12.5. The number of likely N-dealkylation sites (N-methyl/N-ethyl adjacent to an activating group) is 1. The minimum Gasteiger partial charge on any atom is -0.508 e. The number of benzene rings is 1. The van der Waals surface area contributed by atoms with Crippen LogP contribution in [0.1, 0.15) is 23.3 Å². The maximum Gasteiger partial charge on any atom is 0.255 e. The summed E-state index contributed by atoms with van der Waals surface area (Å²) in [4.78, 5) is 42.6. The van der Waals surface area contributed by atoms with Crippen molar-refractivity contribution in [3.8, 4) is 17.1 Å². The molecule has 0 saturated heterocycles. The van der Waals surface area contributed by atoms with Crippen LogP contribution in [-0.4, -0.2) is 87.5 Å². The Labute approximate surface area is 224 Å². The molecule has 3 aliphatic carbocycles. The molecule has 0 spiro atoms. The molecule has 206 valence electrons. The predicted octanol–water partition coefficient (Wildman–Crippen LogP) is 1.29. The number of furan rings is 1. The number of aromatic hydroxyl groups is 1. The second kappa shape index (κ2) is 9.08. The number of aliphatic hydroxyl groups excluding tert-OH is 2. The van der Waals surface area contributed by atoms with E-state index >= 15 is 0 Å². The summed E-state index contributed by atoms with van der Waals surface area (Å²) in [6.45, 7) is 0.567. The SMILES string of the molecule is CN(C)Cc1ccc(-c2ccc(O)c3c2CC2C[C@H]4[C@H](N(C)C)C(=O)C(C(N)=O)=C(O)[C@@]4(O)C(=O)C2=C3O)o1. The highest BCUT2D eigenvalue weighted by molar-refractivity contribution is 6.24. The normalized spacial score (nSPS) is 26.7. The number of carbonyl (C=O) groups is 3. The van der Waals surface area contributed by atoms with Gasteiger partial charge in [-0.05, 0) is 76.8 Å². The van der Waals surface area contributed by atoms with Gasteiger partial charge in [0, 0.05) is 17.1 Å². The van der Waals surface area contributed by atoms with E-state index in [1.165, 1.54) is 11.0 Å². The van der Waals surface area contributed by atoms with Gasteiger partial charge >= 0.3 is 0 Å². The van der Waals surface area contributed by atoms with Gasteiger partial charge in [-0.3, -0.25) is 19.3 Å². The lowest BCUT2D eigenvalue weighted by Crippen LogP contribution is -2.65. The molecule has 0 radical (unpaired) electrons. The minimum absolute atomic E-state index is 0.0187. The van der Waals surface area contributed by atoms with Crippen LogP contribution in [0.15, 0.2) is 45.6 Å². The second-order valence-corrected chi connectivity index (χ2v) is 11.0. The van der Waals surface area contributed by atoms with Crippen molar-refractivity contribution in [1.82, 2.24) is 9.80 Å². The summed E-state index contributed by atoms with van der Waals surface area (Å²) in [7, 11) is 6.94. The van der Waals surface area contributed by atoms with Crippen LogP contribution in [0.3, 0.4) is 0 Å². The lowest BCUT2D eigenvalue weighted by molar-refractivity contribution is -0.153. The summed E-state index contributed by atoms with van der Waals surface area (Å²) in [6, 6.07) is 5.55. The number of Topliss-reactive ketones (excluding diaryl/α,β-unsaturated/α-hetero) is 2. The van der Waals surface area contributed by atoms with E-state index in [2.05, 4.69) is 0 Å². The molecule has 1 fully saturated rings. The van der Waals surface area contributed by atoms with Gasteiger partial charge in [0.15, 0.2) is 11.4 Å². The van der Waals surface area contributed by atoms with Crippen molar-refractivity contribution in [2.75, 3.05) is 28.2 Å². The number of amides is 1. The number of aliphatic hydroxyl groups is 3. The van der Waals surface area contributed by atoms with E-state index in [0.29, 0.717) is 29.2 Å². The summed E-state index contributed by atoms with van der Waals surface area (Å²) in [5, 5.41) is 44.7. The van der Waals surface area contributed by atoms with Gasteiger partial charge in [0.1, 0.15) is 34.4 Å². The monoisotopic (exact) mass is 537 g/mol. The highest BCUT2D eigenvalue weighted by atomic mass is 16.4. The molecule has 11 heteroatoms. The Balaban J connectivity index is 1.69. The van der Waals surface area contributed by atoms with Gasteiger partial charge in [-0.15, -0.1) is 0 Å². The van der Waals surface area contributed by atoms with Crippen LogP contribution in [0.25, 0.3) is 17.1 Å². The fourth-order valence-electron chi connectivity index (χ4n) is 6.39. The van der Waals surface area contributed by atoms with Crippen LogP contribution in [0.2, 0.25) is 0 Å². The van der Waals surface area contributed by atoms with Gasteiger partial charge in [0.05, 0.1) is 18.2 Å². The van der Waals surface area contributed by atoms with Crippen LogP contribution in [0, 0.1) is 11.8 Å². The molecule has 1 unspecified atom stereocenters. The van der Waals surface area contributed by atoms with Gasteiger partial charge in [-0.1, -0.05) is 0 Å². The van der Waals surface area contributed by atoms with Gasteiger partial charge in [-0.25, -0.2) is 0 Å². The van der Waals surface area contributed by atoms with Crippen molar-refractivity contribution in [3.63, 3.8) is 0 Å². The highest BCUT2D eigenvalue weighted by Gasteiger charge is 2.64. The Morgan fingerprint density at radius 1 is 1.10 bits per heavy atom. The zero-order valence-electron chi connectivity index (χ0n) is 22.1. The summed E-state index contributed by atoms with van der Waals surface area (Å²) in [5.74, 6) is -5.59. The molecule has 11 nitrogen and oxygen atoms in total. The number of phenols is 1. The van der Waals surface area contributed by atoms with E-state index < -0.39 is 58.0 Å². The number of fused-ring (bicyclic) bond motifs is 3. The standard InChI is InChI=1S/C28H31N3O8/c1-30(2)11-13-5-8-18(39-13)14-6-7-17(32)20-15(14)9-12-10-16-22(31(3)4)24(34)21(27(29)37)26(36)28(16,38)25(35)19(12)23(20)33/h5-8,12,16,22,32-33,36,38H,9-11H2,1-4H3,(H2,29,37)/t12?,16-,22-,28-/m0/s1. The van der Waals surface area contributed by atoms with Gasteiger partial charge in [0.25, 0.3) is 5.91 Å². The fraction of sp³-hybridized carbons (Fsp3) is 0.393. The Bertz CT molecular complexity index is 1480. The lowest BCUT2D eigenvalue weighted by atomic mass is 9.57. The van der Waals surface area contributed by atoms with Crippen molar-refractivity contribution in [2.24, 2.45) is 17.6 Å². The van der Waals surface area contributed by atoms with Gasteiger partial charge < -0.3 is 35.5 Å². The second-order valence-electron chi connectivity index (χ2n) is 11.0. The van der Waals surface area contributed by atoms with Crippen LogP contribution >= 0.6 is 0 Å². The van der Waals surface area contributed by atoms with Crippen molar-refractivity contribution in [2.45, 2.75) is 31.0 Å². The molecule has 0 bridgehead atoms. The van der Waals surface area contributed by atoms with E-state index in [1.54, 1.807) is 26.2 Å². The molecule has 0 aliphatic heterocycles. The third kappa shape index (κ3) is 3.80. The lowest BCUT2D eigenvalue weighted by Gasteiger charge is -2.50. The van der Waals surface area contributed by atoms with Crippen molar-refractivity contribution in [3.05, 3.63) is 58.1 Å². The average Bonchev–Trinajstić information content (AvgIpc) is 3.28. The van der Waals surface area contributed by atoms with Crippen LogP contribution in [-0.2, 0) is 27.3 Å². The molecule has 39 heavy (non-hydrogen) atoms. The van der Waals surface area contributed by atoms with Crippen molar-refractivity contribution in [1.29, 1.82) is 0 Å². The third-order valence-electron chi connectivity index (χ3n) is 8.00. The average molecular weight is 538 g/mol. The Hall–Kier alpha value is -3.93. The molecule has 1 aromatic carbocycles.